The second kappa shape index (κ2) is 7.08. The van der Waals surface area contributed by atoms with Gasteiger partial charge in [-0.1, -0.05) is 18.2 Å². The summed E-state index contributed by atoms with van der Waals surface area (Å²) in [6, 6.07) is 7.20. The third-order valence-corrected chi connectivity index (χ3v) is 3.86. The Labute approximate surface area is 140 Å². The highest BCUT2D eigenvalue weighted by Crippen LogP contribution is 2.41. The molecule has 2 rings (SSSR count). The van der Waals surface area contributed by atoms with Gasteiger partial charge in [-0.3, -0.25) is 4.79 Å². The smallest absolute Gasteiger partial charge is 0.193 e. The fraction of sp³-hybridized carbons (Fsp3) is 0.211. The van der Waals surface area contributed by atoms with Gasteiger partial charge in [0, 0.05) is 11.1 Å². The summed E-state index contributed by atoms with van der Waals surface area (Å²) >= 11 is 0. The van der Waals surface area contributed by atoms with Gasteiger partial charge in [0.15, 0.2) is 5.78 Å². The highest BCUT2D eigenvalue weighted by atomic mass is 16.5. The number of methoxy groups -OCH3 is 2. The van der Waals surface area contributed by atoms with Gasteiger partial charge in [-0.15, -0.1) is 0 Å². The van der Waals surface area contributed by atoms with Crippen LogP contribution in [0.2, 0.25) is 0 Å². The van der Waals surface area contributed by atoms with Crippen molar-refractivity contribution in [1.29, 1.82) is 0 Å². The van der Waals surface area contributed by atoms with E-state index in [0.717, 1.165) is 11.3 Å². The van der Waals surface area contributed by atoms with Crippen LogP contribution in [0.3, 0.4) is 0 Å². The van der Waals surface area contributed by atoms with Crippen molar-refractivity contribution in [3.8, 4) is 23.0 Å². The molecule has 0 aliphatic rings. The summed E-state index contributed by atoms with van der Waals surface area (Å²) in [7, 11) is 2.97. The van der Waals surface area contributed by atoms with Crippen LogP contribution in [0.25, 0.3) is 6.08 Å². The van der Waals surface area contributed by atoms with Crippen LogP contribution >= 0.6 is 0 Å². The molecule has 24 heavy (non-hydrogen) atoms. The quantitative estimate of drug-likeness (QED) is 0.647. The Bertz CT molecular complexity index is 789. The van der Waals surface area contributed by atoms with E-state index in [9.17, 15) is 15.0 Å². The molecule has 2 aromatic carbocycles. The molecule has 0 amide bonds. The Balaban J connectivity index is 2.40. The topological polar surface area (TPSA) is 76.0 Å². The number of rotatable bonds is 5. The van der Waals surface area contributed by atoms with Crippen molar-refractivity contribution in [3.05, 3.63) is 52.6 Å². The first kappa shape index (κ1) is 17.4. The first-order valence-corrected chi connectivity index (χ1v) is 7.36. The number of phenolic OH excluding ortho intramolecular Hbond substituents is 2. The van der Waals surface area contributed by atoms with Crippen LogP contribution in [-0.2, 0) is 0 Å². The molecular formula is C19H20O5. The summed E-state index contributed by atoms with van der Waals surface area (Å²) < 4.78 is 10.3. The average Bonchev–Trinajstić information content (AvgIpc) is 2.61. The monoisotopic (exact) mass is 328 g/mol. The fourth-order valence-electron chi connectivity index (χ4n) is 2.44. The number of aromatic hydroxyl groups is 2. The van der Waals surface area contributed by atoms with Crippen molar-refractivity contribution in [2.75, 3.05) is 14.2 Å². The summed E-state index contributed by atoms with van der Waals surface area (Å²) in [4.78, 5) is 12.5. The minimum absolute atomic E-state index is 0.0371. The summed E-state index contributed by atoms with van der Waals surface area (Å²) in [5, 5.41) is 20.2. The molecule has 2 aromatic rings. The van der Waals surface area contributed by atoms with Crippen LogP contribution in [0, 0.1) is 13.8 Å². The van der Waals surface area contributed by atoms with Gasteiger partial charge in [-0.05, 0) is 37.6 Å². The lowest BCUT2D eigenvalue weighted by atomic mass is 9.98. The zero-order valence-electron chi connectivity index (χ0n) is 14.1. The largest absolute Gasteiger partial charge is 0.507 e. The van der Waals surface area contributed by atoms with Crippen LogP contribution in [-0.4, -0.2) is 30.2 Å². The van der Waals surface area contributed by atoms with Crippen LogP contribution in [0.1, 0.15) is 27.0 Å². The minimum Gasteiger partial charge on any atom is -0.507 e. The van der Waals surface area contributed by atoms with E-state index in [1.54, 1.807) is 39.2 Å². The van der Waals surface area contributed by atoms with Gasteiger partial charge in [0.05, 0.1) is 14.2 Å². The predicted octanol–water partition coefficient (Wildman–Crippen LogP) is 3.63. The van der Waals surface area contributed by atoms with Gasteiger partial charge in [0.2, 0.25) is 0 Å². The Kier molecular flexibility index (Phi) is 5.14. The number of benzene rings is 2. The first-order chi connectivity index (χ1) is 11.4. The molecule has 0 saturated carbocycles. The molecule has 0 unspecified atom stereocenters. The lowest BCUT2D eigenvalue weighted by Crippen LogP contribution is -2.03. The van der Waals surface area contributed by atoms with Gasteiger partial charge in [-0.25, -0.2) is 0 Å². The Morgan fingerprint density at radius 2 is 1.58 bits per heavy atom. The van der Waals surface area contributed by atoms with E-state index in [2.05, 4.69) is 0 Å². The molecule has 0 bridgehead atoms. The molecule has 0 aliphatic heterocycles. The Hall–Kier alpha value is -2.95. The predicted molar refractivity (Wildman–Crippen MR) is 92.2 cm³/mol. The molecular weight excluding hydrogens is 308 g/mol. The van der Waals surface area contributed by atoms with Crippen molar-refractivity contribution in [2.24, 2.45) is 0 Å². The third kappa shape index (κ3) is 3.20. The highest BCUT2D eigenvalue weighted by Gasteiger charge is 2.23. The molecule has 2 N–H and O–H groups in total. The maximum absolute atomic E-state index is 12.5. The normalized spacial score (nSPS) is 10.8. The molecule has 0 spiro atoms. The van der Waals surface area contributed by atoms with E-state index < -0.39 is 5.78 Å². The van der Waals surface area contributed by atoms with Gasteiger partial charge in [0.1, 0.15) is 28.6 Å². The number of allylic oxidation sites excluding steroid dienone is 1. The van der Waals surface area contributed by atoms with E-state index in [4.69, 9.17) is 9.47 Å². The Morgan fingerprint density at radius 1 is 0.958 bits per heavy atom. The maximum Gasteiger partial charge on any atom is 0.193 e. The Morgan fingerprint density at radius 3 is 2.12 bits per heavy atom. The van der Waals surface area contributed by atoms with E-state index in [-0.39, 0.29) is 28.4 Å². The molecule has 0 atom stereocenters. The fourth-order valence-corrected chi connectivity index (χ4v) is 2.44. The number of carbonyl (C=O) groups excluding carboxylic acids is 1. The SMILES string of the molecule is COc1ccc(C=CC(=O)c2c(O)c(C)c(O)c(C)c2OC)cc1. The number of carbonyl (C=O) groups is 1. The number of phenols is 2. The van der Waals surface area contributed by atoms with Crippen LogP contribution in [0.4, 0.5) is 0 Å². The van der Waals surface area contributed by atoms with Gasteiger partial charge in [0.25, 0.3) is 0 Å². The molecule has 5 heteroatoms. The summed E-state index contributed by atoms with van der Waals surface area (Å²) in [5.74, 6) is 0.119. The van der Waals surface area contributed by atoms with E-state index in [0.29, 0.717) is 5.56 Å². The van der Waals surface area contributed by atoms with E-state index in [1.165, 1.54) is 13.2 Å². The zero-order chi connectivity index (χ0) is 17.9. The lowest BCUT2D eigenvalue weighted by molar-refractivity contribution is 0.104. The van der Waals surface area contributed by atoms with E-state index in [1.807, 2.05) is 12.1 Å². The second-order valence-corrected chi connectivity index (χ2v) is 5.33. The molecule has 0 aliphatic carbocycles. The molecule has 126 valence electrons. The number of hydrogen-bond donors (Lipinski definition) is 2. The summed E-state index contributed by atoms with van der Waals surface area (Å²) in [6.45, 7) is 3.17. The van der Waals surface area contributed by atoms with Crippen molar-refractivity contribution in [1.82, 2.24) is 0 Å². The highest BCUT2D eigenvalue weighted by molar-refractivity contribution is 6.11. The summed E-state index contributed by atoms with van der Waals surface area (Å²) in [5.41, 5.74) is 1.51. The summed E-state index contributed by atoms with van der Waals surface area (Å²) in [6.07, 6.45) is 2.99. The molecule has 0 saturated heterocycles. The third-order valence-electron chi connectivity index (χ3n) is 3.86. The van der Waals surface area contributed by atoms with Crippen molar-refractivity contribution < 1.29 is 24.5 Å². The number of hydrogen-bond acceptors (Lipinski definition) is 5. The molecule has 0 aromatic heterocycles. The maximum atomic E-state index is 12.5. The van der Waals surface area contributed by atoms with Crippen molar-refractivity contribution in [2.45, 2.75) is 13.8 Å². The minimum atomic E-state index is -0.411. The van der Waals surface area contributed by atoms with Crippen LogP contribution < -0.4 is 9.47 Å². The molecule has 5 nitrogen and oxygen atoms in total. The molecule has 0 fully saturated rings. The van der Waals surface area contributed by atoms with Crippen LogP contribution in [0.15, 0.2) is 30.3 Å². The lowest BCUT2D eigenvalue weighted by Gasteiger charge is -2.15. The van der Waals surface area contributed by atoms with Gasteiger partial charge >= 0.3 is 0 Å². The molecule has 0 radical (unpaired) electrons. The van der Waals surface area contributed by atoms with E-state index >= 15 is 0 Å². The molecule has 0 heterocycles. The average molecular weight is 328 g/mol. The first-order valence-electron chi connectivity index (χ1n) is 7.36. The van der Waals surface area contributed by atoms with Gasteiger partial charge < -0.3 is 19.7 Å². The van der Waals surface area contributed by atoms with Crippen molar-refractivity contribution >= 4 is 11.9 Å². The van der Waals surface area contributed by atoms with Crippen molar-refractivity contribution in [3.63, 3.8) is 0 Å². The standard InChI is InChI=1S/C19H20O5/c1-11-17(21)12(2)19(24-4)16(18(11)22)15(20)10-7-13-5-8-14(23-3)9-6-13/h5-10,21-22H,1-4H3. The number of ether oxygens (including phenoxy) is 2. The van der Waals surface area contributed by atoms with Crippen LogP contribution in [0.5, 0.6) is 23.0 Å². The number of ketones is 1. The van der Waals surface area contributed by atoms with Gasteiger partial charge in [-0.2, -0.15) is 0 Å². The zero-order valence-corrected chi connectivity index (χ0v) is 14.1. The second-order valence-electron chi connectivity index (χ2n) is 5.33.